The Bertz CT molecular complexity index is 378. The Labute approximate surface area is 107 Å². The molecular weight excluding hydrogens is 233 g/mol. The third-order valence-electron chi connectivity index (χ3n) is 2.47. The lowest BCUT2D eigenvalue weighted by atomic mass is 10.1. The normalized spacial score (nSPS) is 12.5. The Balaban J connectivity index is 2.52. The lowest BCUT2D eigenvalue weighted by Gasteiger charge is -2.17. The molecule has 1 aromatic heterocycles. The number of pyridine rings is 1. The Morgan fingerprint density at radius 1 is 1.44 bits per heavy atom. The van der Waals surface area contributed by atoms with Crippen LogP contribution >= 0.6 is 0 Å². The zero-order valence-corrected chi connectivity index (χ0v) is 11.0. The van der Waals surface area contributed by atoms with Crippen molar-refractivity contribution in [3.05, 3.63) is 29.8 Å². The second-order valence-corrected chi connectivity index (χ2v) is 4.47. The summed E-state index contributed by atoms with van der Waals surface area (Å²) in [5.74, 6) is -0.406. The fourth-order valence-electron chi connectivity index (χ4n) is 1.64. The molecule has 0 fully saturated rings. The first-order valence-electron chi connectivity index (χ1n) is 6.17. The van der Waals surface area contributed by atoms with Gasteiger partial charge in [0.05, 0.1) is 18.4 Å². The van der Waals surface area contributed by atoms with Crippen molar-refractivity contribution < 1.29 is 9.18 Å². The summed E-state index contributed by atoms with van der Waals surface area (Å²) in [6, 6.07) is 3.10. The van der Waals surface area contributed by atoms with E-state index >= 15 is 0 Å². The maximum Gasteiger partial charge on any atom is 0.234 e. The van der Waals surface area contributed by atoms with E-state index in [-0.39, 0.29) is 30.4 Å². The van der Waals surface area contributed by atoms with Crippen molar-refractivity contribution in [2.75, 3.05) is 6.54 Å². The first-order chi connectivity index (χ1) is 8.52. The summed E-state index contributed by atoms with van der Waals surface area (Å²) in [6.07, 6.45) is 1.97. The molecule has 1 amide bonds. The van der Waals surface area contributed by atoms with E-state index in [1.807, 2.05) is 20.8 Å². The van der Waals surface area contributed by atoms with Gasteiger partial charge in [-0.3, -0.25) is 9.78 Å². The van der Waals surface area contributed by atoms with E-state index in [0.29, 0.717) is 0 Å². The molecule has 0 aliphatic carbocycles. The molecule has 0 aliphatic rings. The maximum atomic E-state index is 12.8. The SMILES string of the molecule is CCC(NCC(=O)NC(C)C)c1ccc(F)cn1. The van der Waals surface area contributed by atoms with Crippen molar-refractivity contribution in [3.8, 4) is 0 Å². The van der Waals surface area contributed by atoms with Crippen molar-refractivity contribution in [2.24, 2.45) is 0 Å². The van der Waals surface area contributed by atoms with Gasteiger partial charge in [-0.1, -0.05) is 6.92 Å². The summed E-state index contributed by atoms with van der Waals surface area (Å²) in [5.41, 5.74) is 0.747. The minimum atomic E-state index is -0.355. The number of hydrogen-bond acceptors (Lipinski definition) is 3. The van der Waals surface area contributed by atoms with Crippen LogP contribution in [0.25, 0.3) is 0 Å². The molecule has 100 valence electrons. The van der Waals surface area contributed by atoms with Crippen molar-refractivity contribution >= 4 is 5.91 Å². The summed E-state index contributed by atoms with van der Waals surface area (Å²) in [7, 11) is 0. The van der Waals surface area contributed by atoms with Gasteiger partial charge in [-0.15, -0.1) is 0 Å². The lowest BCUT2D eigenvalue weighted by molar-refractivity contribution is -0.120. The third-order valence-corrected chi connectivity index (χ3v) is 2.47. The summed E-state index contributed by atoms with van der Waals surface area (Å²) in [4.78, 5) is 15.5. The van der Waals surface area contributed by atoms with Crippen molar-refractivity contribution in [2.45, 2.75) is 39.3 Å². The highest BCUT2D eigenvalue weighted by Crippen LogP contribution is 2.13. The molecule has 1 atom stereocenters. The average Bonchev–Trinajstić information content (AvgIpc) is 2.31. The zero-order chi connectivity index (χ0) is 13.5. The quantitative estimate of drug-likeness (QED) is 0.812. The number of amides is 1. The van der Waals surface area contributed by atoms with Crippen LogP contribution in [0.2, 0.25) is 0 Å². The molecular formula is C13H20FN3O. The van der Waals surface area contributed by atoms with E-state index in [1.165, 1.54) is 12.3 Å². The van der Waals surface area contributed by atoms with E-state index in [4.69, 9.17) is 0 Å². The van der Waals surface area contributed by atoms with Gasteiger partial charge in [0.15, 0.2) is 0 Å². The van der Waals surface area contributed by atoms with Gasteiger partial charge in [-0.25, -0.2) is 4.39 Å². The summed E-state index contributed by atoms with van der Waals surface area (Å²) in [5, 5.41) is 5.91. The summed E-state index contributed by atoms with van der Waals surface area (Å²) >= 11 is 0. The number of carbonyl (C=O) groups excluding carboxylic acids is 1. The van der Waals surface area contributed by atoms with E-state index in [0.717, 1.165) is 12.1 Å². The first kappa shape index (κ1) is 14.6. The van der Waals surface area contributed by atoms with Gasteiger partial charge in [0.25, 0.3) is 0 Å². The fraction of sp³-hybridized carbons (Fsp3) is 0.538. The standard InChI is InChI=1S/C13H20FN3O/c1-4-11(12-6-5-10(14)7-15-12)16-8-13(18)17-9(2)3/h5-7,9,11,16H,4,8H2,1-3H3,(H,17,18). The second kappa shape index (κ2) is 7.06. The van der Waals surface area contributed by atoms with Gasteiger partial charge in [-0.05, 0) is 32.4 Å². The Hall–Kier alpha value is -1.49. The minimum Gasteiger partial charge on any atom is -0.353 e. The van der Waals surface area contributed by atoms with Crippen molar-refractivity contribution in [3.63, 3.8) is 0 Å². The molecule has 0 spiro atoms. The van der Waals surface area contributed by atoms with Crippen LogP contribution in [0.3, 0.4) is 0 Å². The van der Waals surface area contributed by atoms with Gasteiger partial charge < -0.3 is 10.6 Å². The highest BCUT2D eigenvalue weighted by Gasteiger charge is 2.12. The van der Waals surface area contributed by atoms with Crippen molar-refractivity contribution in [1.82, 2.24) is 15.6 Å². The first-order valence-corrected chi connectivity index (χ1v) is 6.17. The van der Waals surface area contributed by atoms with Gasteiger partial charge in [0.2, 0.25) is 5.91 Å². The molecule has 1 heterocycles. The number of aromatic nitrogens is 1. The van der Waals surface area contributed by atoms with Crippen LogP contribution in [-0.2, 0) is 4.79 Å². The fourth-order valence-corrected chi connectivity index (χ4v) is 1.64. The Morgan fingerprint density at radius 2 is 2.17 bits per heavy atom. The number of nitrogens with zero attached hydrogens (tertiary/aromatic N) is 1. The van der Waals surface area contributed by atoms with Crippen LogP contribution < -0.4 is 10.6 Å². The van der Waals surface area contributed by atoms with Gasteiger partial charge >= 0.3 is 0 Å². The second-order valence-electron chi connectivity index (χ2n) is 4.47. The lowest BCUT2D eigenvalue weighted by Crippen LogP contribution is -2.39. The minimum absolute atomic E-state index is 0.0384. The van der Waals surface area contributed by atoms with E-state index in [1.54, 1.807) is 6.07 Å². The molecule has 1 rings (SSSR count). The Kier molecular flexibility index (Phi) is 5.71. The van der Waals surface area contributed by atoms with E-state index < -0.39 is 0 Å². The molecule has 2 N–H and O–H groups in total. The molecule has 0 aliphatic heterocycles. The molecule has 4 nitrogen and oxygen atoms in total. The van der Waals surface area contributed by atoms with Crippen LogP contribution in [0.5, 0.6) is 0 Å². The van der Waals surface area contributed by atoms with Crippen LogP contribution in [0.15, 0.2) is 18.3 Å². The van der Waals surface area contributed by atoms with Gasteiger partial charge in [0.1, 0.15) is 5.82 Å². The number of carbonyl (C=O) groups is 1. The molecule has 18 heavy (non-hydrogen) atoms. The van der Waals surface area contributed by atoms with E-state index in [9.17, 15) is 9.18 Å². The largest absolute Gasteiger partial charge is 0.353 e. The molecule has 0 radical (unpaired) electrons. The molecule has 1 unspecified atom stereocenters. The van der Waals surface area contributed by atoms with Crippen LogP contribution in [0.1, 0.15) is 38.9 Å². The van der Waals surface area contributed by atoms with Gasteiger partial charge in [0, 0.05) is 12.1 Å². The predicted molar refractivity (Wildman–Crippen MR) is 68.5 cm³/mol. The maximum absolute atomic E-state index is 12.8. The van der Waals surface area contributed by atoms with Crippen LogP contribution in [-0.4, -0.2) is 23.5 Å². The molecule has 5 heteroatoms. The summed E-state index contributed by atoms with van der Waals surface area (Å²) in [6.45, 7) is 6.05. The number of rotatable bonds is 6. The van der Waals surface area contributed by atoms with E-state index in [2.05, 4.69) is 15.6 Å². The summed E-state index contributed by atoms with van der Waals surface area (Å²) < 4.78 is 12.8. The van der Waals surface area contributed by atoms with Gasteiger partial charge in [-0.2, -0.15) is 0 Å². The number of nitrogens with one attached hydrogen (secondary N) is 2. The topological polar surface area (TPSA) is 54.0 Å². The smallest absolute Gasteiger partial charge is 0.234 e. The molecule has 0 bridgehead atoms. The van der Waals surface area contributed by atoms with Crippen LogP contribution in [0.4, 0.5) is 4.39 Å². The molecule has 0 saturated carbocycles. The number of hydrogen-bond donors (Lipinski definition) is 2. The van der Waals surface area contributed by atoms with Crippen molar-refractivity contribution in [1.29, 1.82) is 0 Å². The zero-order valence-electron chi connectivity index (χ0n) is 11.0. The Morgan fingerprint density at radius 3 is 2.67 bits per heavy atom. The highest BCUT2D eigenvalue weighted by molar-refractivity contribution is 5.78. The third kappa shape index (κ3) is 4.79. The number of halogens is 1. The monoisotopic (exact) mass is 253 g/mol. The average molecular weight is 253 g/mol. The molecule has 0 aromatic carbocycles. The molecule has 1 aromatic rings. The highest BCUT2D eigenvalue weighted by atomic mass is 19.1. The molecule has 0 saturated heterocycles. The predicted octanol–water partition coefficient (Wildman–Crippen LogP) is 1.79. The van der Waals surface area contributed by atoms with Crippen LogP contribution in [0, 0.1) is 5.82 Å².